The Hall–Kier alpha value is -0.850. The molecule has 0 aromatic heterocycles. The molecule has 86 valence electrons. The van der Waals surface area contributed by atoms with E-state index in [0.717, 1.165) is 25.5 Å². The predicted octanol–water partition coefficient (Wildman–Crippen LogP) is 4.44. The summed E-state index contributed by atoms with van der Waals surface area (Å²) < 4.78 is 0. The lowest BCUT2D eigenvalue weighted by molar-refractivity contribution is -0.107. The molecule has 0 heterocycles. The Morgan fingerprint density at radius 2 is 1.47 bits per heavy atom. The van der Waals surface area contributed by atoms with Crippen molar-refractivity contribution in [2.75, 3.05) is 0 Å². The Labute approximate surface area is 94.3 Å². The number of hydrogen-bond acceptors (Lipinski definition) is 1. The number of hydrogen-bond donors (Lipinski definition) is 0. The summed E-state index contributed by atoms with van der Waals surface area (Å²) in [5, 5.41) is 0. The van der Waals surface area contributed by atoms with Gasteiger partial charge in [-0.2, -0.15) is 0 Å². The fraction of sp³-hybridized carbons (Fsp3) is 0.643. The van der Waals surface area contributed by atoms with Gasteiger partial charge in [-0.05, 0) is 32.1 Å². The largest absolute Gasteiger partial charge is 0.303 e. The second-order valence-corrected chi connectivity index (χ2v) is 3.77. The summed E-state index contributed by atoms with van der Waals surface area (Å²) in [6.07, 6.45) is 18.7. The summed E-state index contributed by atoms with van der Waals surface area (Å²) in [6.45, 7) is 2.23. The maximum Gasteiger partial charge on any atom is 0.120 e. The highest BCUT2D eigenvalue weighted by Crippen LogP contribution is 2.01. The van der Waals surface area contributed by atoms with Gasteiger partial charge in [-0.3, -0.25) is 0 Å². The van der Waals surface area contributed by atoms with Gasteiger partial charge >= 0.3 is 0 Å². The van der Waals surface area contributed by atoms with Crippen LogP contribution in [0.1, 0.15) is 58.3 Å². The van der Waals surface area contributed by atoms with E-state index in [1.807, 2.05) is 0 Å². The van der Waals surface area contributed by atoms with Crippen molar-refractivity contribution in [3.05, 3.63) is 24.3 Å². The lowest BCUT2D eigenvalue weighted by Crippen LogP contribution is -1.73. The van der Waals surface area contributed by atoms with Gasteiger partial charge in [0.15, 0.2) is 0 Å². The standard InChI is InChI=1S/C14H24O/c1-2-3-4-5-6-7-8-9-10-11-12-13-14-15/h6-7,9-10,14H,2-5,8,11-13H2,1H3/b7-6-,10-9-. The highest BCUT2D eigenvalue weighted by atomic mass is 16.1. The van der Waals surface area contributed by atoms with Gasteiger partial charge in [0.25, 0.3) is 0 Å². The molecule has 1 heteroatoms. The fourth-order valence-electron chi connectivity index (χ4n) is 1.34. The summed E-state index contributed by atoms with van der Waals surface area (Å²) >= 11 is 0. The zero-order valence-corrected chi connectivity index (χ0v) is 9.95. The quantitative estimate of drug-likeness (QED) is 0.295. The zero-order valence-electron chi connectivity index (χ0n) is 9.95. The number of unbranched alkanes of at least 4 members (excludes halogenated alkanes) is 5. The maximum absolute atomic E-state index is 10.0. The van der Waals surface area contributed by atoms with Crippen LogP contribution in [0.2, 0.25) is 0 Å². The third-order valence-electron chi connectivity index (χ3n) is 2.27. The van der Waals surface area contributed by atoms with E-state index in [-0.39, 0.29) is 0 Å². The summed E-state index contributed by atoms with van der Waals surface area (Å²) in [5.74, 6) is 0. The first-order valence-corrected chi connectivity index (χ1v) is 6.15. The second-order valence-electron chi connectivity index (χ2n) is 3.77. The minimum absolute atomic E-state index is 0.692. The average Bonchev–Trinajstić information content (AvgIpc) is 2.26. The van der Waals surface area contributed by atoms with Crippen molar-refractivity contribution in [2.45, 2.75) is 58.3 Å². The molecular weight excluding hydrogens is 184 g/mol. The Morgan fingerprint density at radius 1 is 0.800 bits per heavy atom. The van der Waals surface area contributed by atoms with Crippen molar-refractivity contribution in [3.8, 4) is 0 Å². The molecule has 0 radical (unpaired) electrons. The number of allylic oxidation sites excluding steroid dienone is 4. The summed E-state index contributed by atoms with van der Waals surface area (Å²) in [5.41, 5.74) is 0. The molecule has 0 N–H and O–H groups in total. The summed E-state index contributed by atoms with van der Waals surface area (Å²) in [6, 6.07) is 0. The monoisotopic (exact) mass is 208 g/mol. The van der Waals surface area contributed by atoms with Crippen LogP contribution in [0.15, 0.2) is 24.3 Å². The van der Waals surface area contributed by atoms with Gasteiger partial charge in [0.2, 0.25) is 0 Å². The zero-order chi connectivity index (χ0) is 11.2. The SMILES string of the molecule is CCCCC/C=C\C/C=C\CCCC=O. The van der Waals surface area contributed by atoms with Crippen molar-refractivity contribution in [1.82, 2.24) is 0 Å². The highest BCUT2D eigenvalue weighted by Gasteiger charge is 1.82. The molecule has 0 bridgehead atoms. The van der Waals surface area contributed by atoms with Gasteiger partial charge in [0, 0.05) is 6.42 Å². The van der Waals surface area contributed by atoms with Crippen molar-refractivity contribution < 1.29 is 4.79 Å². The molecule has 0 aliphatic rings. The van der Waals surface area contributed by atoms with Crippen LogP contribution in [-0.4, -0.2) is 6.29 Å². The average molecular weight is 208 g/mol. The van der Waals surface area contributed by atoms with Gasteiger partial charge in [-0.25, -0.2) is 0 Å². The van der Waals surface area contributed by atoms with Crippen LogP contribution in [0.5, 0.6) is 0 Å². The van der Waals surface area contributed by atoms with E-state index >= 15 is 0 Å². The van der Waals surface area contributed by atoms with Crippen LogP contribution in [0.25, 0.3) is 0 Å². The van der Waals surface area contributed by atoms with E-state index in [2.05, 4.69) is 31.2 Å². The number of carbonyl (C=O) groups excluding carboxylic acids is 1. The van der Waals surface area contributed by atoms with Crippen LogP contribution in [-0.2, 0) is 4.79 Å². The number of rotatable bonds is 10. The molecular formula is C14H24O. The Morgan fingerprint density at radius 3 is 2.07 bits per heavy atom. The molecule has 15 heavy (non-hydrogen) atoms. The van der Waals surface area contributed by atoms with Crippen molar-refractivity contribution in [2.24, 2.45) is 0 Å². The van der Waals surface area contributed by atoms with E-state index in [9.17, 15) is 4.79 Å². The highest BCUT2D eigenvalue weighted by molar-refractivity contribution is 5.48. The molecule has 0 aliphatic carbocycles. The molecule has 0 aromatic carbocycles. The van der Waals surface area contributed by atoms with Crippen molar-refractivity contribution >= 4 is 6.29 Å². The fourth-order valence-corrected chi connectivity index (χ4v) is 1.34. The molecule has 0 saturated heterocycles. The van der Waals surface area contributed by atoms with Crippen LogP contribution >= 0.6 is 0 Å². The van der Waals surface area contributed by atoms with Crippen molar-refractivity contribution in [1.29, 1.82) is 0 Å². The first kappa shape index (κ1) is 14.2. The normalized spacial score (nSPS) is 11.5. The molecule has 0 spiro atoms. The van der Waals surface area contributed by atoms with Crippen molar-refractivity contribution in [3.63, 3.8) is 0 Å². The van der Waals surface area contributed by atoms with E-state index in [1.54, 1.807) is 0 Å². The number of carbonyl (C=O) groups is 1. The molecule has 0 saturated carbocycles. The maximum atomic E-state index is 10.0. The molecule has 0 aromatic rings. The molecule has 0 unspecified atom stereocenters. The van der Waals surface area contributed by atoms with Gasteiger partial charge in [0.1, 0.15) is 6.29 Å². The lowest BCUT2D eigenvalue weighted by atomic mass is 10.2. The molecule has 0 amide bonds. The topological polar surface area (TPSA) is 17.1 Å². The van der Waals surface area contributed by atoms with E-state index in [4.69, 9.17) is 0 Å². The van der Waals surface area contributed by atoms with E-state index in [0.29, 0.717) is 6.42 Å². The Kier molecular flexibility index (Phi) is 12.4. The minimum Gasteiger partial charge on any atom is -0.303 e. The molecule has 0 fully saturated rings. The van der Waals surface area contributed by atoms with Gasteiger partial charge in [-0.1, -0.05) is 44.1 Å². The molecule has 0 atom stereocenters. The summed E-state index contributed by atoms with van der Waals surface area (Å²) in [7, 11) is 0. The molecule has 0 rings (SSSR count). The van der Waals surface area contributed by atoms with Crippen LogP contribution in [0, 0.1) is 0 Å². The predicted molar refractivity (Wildman–Crippen MR) is 67.0 cm³/mol. The van der Waals surface area contributed by atoms with Gasteiger partial charge < -0.3 is 4.79 Å². The van der Waals surface area contributed by atoms with Gasteiger partial charge in [0.05, 0.1) is 0 Å². The van der Waals surface area contributed by atoms with Crippen LogP contribution in [0.3, 0.4) is 0 Å². The van der Waals surface area contributed by atoms with E-state index in [1.165, 1.54) is 25.7 Å². The van der Waals surface area contributed by atoms with Gasteiger partial charge in [-0.15, -0.1) is 0 Å². The molecule has 0 aliphatic heterocycles. The van der Waals surface area contributed by atoms with E-state index < -0.39 is 0 Å². The first-order chi connectivity index (χ1) is 7.41. The number of aldehydes is 1. The lowest BCUT2D eigenvalue weighted by Gasteiger charge is -1.91. The third-order valence-corrected chi connectivity index (χ3v) is 2.27. The molecule has 1 nitrogen and oxygen atoms in total. The first-order valence-electron chi connectivity index (χ1n) is 6.15. The van der Waals surface area contributed by atoms with Crippen LogP contribution < -0.4 is 0 Å². The summed E-state index contributed by atoms with van der Waals surface area (Å²) in [4.78, 5) is 10.0. The smallest absolute Gasteiger partial charge is 0.120 e. The minimum atomic E-state index is 0.692. The Balaban J connectivity index is 3.17. The second kappa shape index (κ2) is 13.2. The van der Waals surface area contributed by atoms with Crippen LogP contribution in [0.4, 0.5) is 0 Å². The third kappa shape index (κ3) is 13.2. The Bertz CT molecular complexity index is 180.